The Labute approximate surface area is 113 Å². The van der Waals surface area contributed by atoms with E-state index >= 15 is 0 Å². The molecule has 0 aliphatic heterocycles. The van der Waals surface area contributed by atoms with Crippen LogP contribution in [-0.2, 0) is 4.74 Å². The van der Waals surface area contributed by atoms with Crippen LogP contribution in [0.3, 0.4) is 0 Å². The van der Waals surface area contributed by atoms with Gasteiger partial charge in [0.2, 0.25) is 0 Å². The molecular formula is C15H19NO3. The highest BCUT2D eigenvalue weighted by molar-refractivity contribution is 5.94. The molecule has 1 aromatic carbocycles. The molecule has 0 heterocycles. The SMILES string of the molecule is COCC(C)NC(=O)c1ccc(C#CCO)c(C)c1. The van der Waals surface area contributed by atoms with Crippen LogP contribution in [0.1, 0.15) is 28.4 Å². The molecule has 0 aliphatic carbocycles. The van der Waals surface area contributed by atoms with Crippen molar-refractivity contribution in [2.45, 2.75) is 19.9 Å². The Morgan fingerprint density at radius 3 is 2.84 bits per heavy atom. The number of aliphatic hydroxyl groups excluding tert-OH is 1. The highest BCUT2D eigenvalue weighted by atomic mass is 16.5. The van der Waals surface area contributed by atoms with Crippen molar-refractivity contribution in [1.82, 2.24) is 5.32 Å². The first kappa shape index (κ1) is 15.2. The van der Waals surface area contributed by atoms with Crippen molar-refractivity contribution in [2.75, 3.05) is 20.3 Å². The number of carbonyl (C=O) groups excluding carboxylic acids is 1. The summed E-state index contributed by atoms with van der Waals surface area (Å²) in [6, 6.07) is 5.26. The van der Waals surface area contributed by atoms with E-state index in [9.17, 15) is 4.79 Å². The van der Waals surface area contributed by atoms with Gasteiger partial charge in [0.15, 0.2) is 0 Å². The quantitative estimate of drug-likeness (QED) is 0.798. The molecule has 1 aromatic rings. The van der Waals surface area contributed by atoms with Crippen molar-refractivity contribution in [2.24, 2.45) is 0 Å². The summed E-state index contributed by atoms with van der Waals surface area (Å²) in [7, 11) is 1.60. The second-order valence-electron chi connectivity index (χ2n) is 4.32. The number of ether oxygens (including phenoxy) is 1. The normalized spacial score (nSPS) is 11.4. The smallest absolute Gasteiger partial charge is 0.251 e. The van der Waals surface area contributed by atoms with Crippen LogP contribution in [0.2, 0.25) is 0 Å². The number of aryl methyl sites for hydroxylation is 1. The van der Waals surface area contributed by atoms with Gasteiger partial charge < -0.3 is 15.2 Å². The molecule has 4 nitrogen and oxygen atoms in total. The van der Waals surface area contributed by atoms with Gasteiger partial charge in [-0.1, -0.05) is 11.8 Å². The van der Waals surface area contributed by atoms with Gasteiger partial charge in [0.1, 0.15) is 6.61 Å². The molecule has 0 aromatic heterocycles. The number of hydrogen-bond donors (Lipinski definition) is 2. The number of amides is 1. The van der Waals surface area contributed by atoms with Gasteiger partial charge in [-0.25, -0.2) is 0 Å². The summed E-state index contributed by atoms with van der Waals surface area (Å²) >= 11 is 0. The zero-order valence-corrected chi connectivity index (χ0v) is 11.5. The lowest BCUT2D eigenvalue weighted by molar-refractivity contribution is 0.0905. The van der Waals surface area contributed by atoms with Crippen molar-refractivity contribution < 1.29 is 14.6 Å². The lowest BCUT2D eigenvalue weighted by Crippen LogP contribution is -2.35. The predicted octanol–water partition coefficient (Wildman–Crippen LogP) is 1.10. The molecular weight excluding hydrogens is 242 g/mol. The second kappa shape index (κ2) is 7.57. The Balaban J connectivity index is 2.80. The van der Waals surface area contributed by atoms with Gasteiger partial charge in [-0.05, 0) is 37.6 Å². The van der Waals surface area contributed by atoms with Crippen LogP contribution < -0.4 is 5.32 Å². The molecule has 1 atom stereocenters. The summed E-state index contributed by atoms with van der Waals surface area (Å²) in [5, 5.41) is 11.5. The summed E-state index contributed by atoms with van der Waals surface area (Å²) < 4.78 is 4.97. The average Bonchev–Trinajstić information content (AvgIpc) is 2.37. The molecule has 4 heteroatoms. The molecule has 102 valence electrons. The molecule has 0 aliphatic rings. The molecule has 0 bridgehead atoms. The van der Waals surface area contributed by atoms with Crippen molar-refractivity contribution in [1.29, 1.82) is 0 Å². The minimum Gasteiger partial charge on any atom is -0.384 e. The van der Waals surface area contributed by atoms with Crippen LogP contribution in [0.4, 0.5) is 0 Å². The molecule has 0 fully saturated rings. The number of rotatable bonds is 4. The highest BCUT2D eigenvalue weighted by Gasteiger charge is 2.10. The fourth-order valence-electron chi connectivity index (χ4n) is 1.68. The van der Waals surface area contributed by atoms with E-state index in [1.54, 1.807) is 25.3 Å². The molecule has 0 radical (unpaired) electrons. The zero-order chi connectivity index (χ0) is 14.3. The van der Waals surface area contributed by atoms with Gasteiger partial charge in [0.25, 0.3) is 5.91 Å². The fourth-order valence-corrected chi connectivity index (χ4v) is 1.68. The number of carbonyl (C=O) groups is 1. The molecule has 0 saturated heterocycles. The van der Waals surface area contributed by atoms with E-state index in [2.05, 4.69) is 17.2 Å². The van der Waals surface area contributed by atoms with Crippen LogP contribution in [0.15, 0.2) is 18.2 Å². The average molecular weight is 261 g/mol. The van der Waals surface area contributed by atoms with Crippen LogP contribution in [0, 0.1) is 18.8 Å². The maximum absolute atomic E-state index is 12.0. The Morgan fingerprint density at radius 2 is 2.26 bits per heavy atom. The van der Waals surface area contributed by atoms with Crippen molar-refractivity contribution >= 4 is 5.91 Å². The zero-order valence-electron chi connectivity index (χ0n) is 11.5. The third-order valence-electron chi connectivity index (χ3n) is 2.58. The van der Waals surface area contributed by atoms with E-state index in [-0.39, 0.29) is 18.6 Å². The number of hydrogen-bond acceptors (Lipinski definition) is 3. The molecule has 1 rings (SSSR count). The first-order valence-corrected chi connectivity index (χ1v) is 6.08. The Hall–Kier alpha value is -1.83. The second-order valence-corrected chi connectivity index (χ2v) is 4.32. The molecule has 19 heavy (non-hydrogen) atoms. The Bertz CT molecular complexity index is 500. The van der Waals surface area contributed by atoms with E-state index in [1.165, 1.54) is 0 Å². The predicted molar refractivity (Wildman–Crippen MR) is 73.9 cm³/mol. The van der Waals surface area contributed by atoms with Crippen LogP contribution in [0.25, 0.3) is 0 Å². The lowest BCUT2D eigenvalue weighted by Gasteiger charge is -2.13. The summed E-state index contributed by atoms with van der Waals surface area (Å²) in [6.45, 7) is 4.08. The summed E-state index contributed by atoms with van der Waals surface area (Å²) in [4.78, 5) is 12.0. The monoisotopic (exact) mass is 261 g/mol. The third kappa shape index (κ3) is 4.74. The molecule has 1 unspecified atom stereocenters. The van der Waals surface area contributed by atoms with E-state index in [0.717, 1.165) is 11.1 Å². The van der Waals surface area contributed by atoms with Gasteiger partial charge in [-0.3, -0.25) is 4.79 Å². The first-order valence-electron chi connectivity index (χ1n) is 6.08. The molecule has 0 saturated carbocycles. The standard InChI is InChI=1S/C15H19NO3/c1-11-9-14(7-6-13(11)5-4-8-17)15(18)16-12(2)10-19-3/h6-7,9,12,17H,8,10H2,1-3H3,(H,16,18). The van der Waals surface area contributed by atoms with E-state index in [0.29, 0.717) is 12.2 Å². The maximum atomic E-state index is 12.0. The van der Waals surface area contributed by atoms with E-state index < -0.39 is 0 Å². The summed E-state index contributed by atoms with van der Waals surface area (Å²) in [5.41, 5.74) is 2.32. The van der Waals surface area contributed by atoms with Crippen molar-refractivity contribution in [3.05, 3.63) is 34.9 Å². The minimum absolute atomic E-state index is 0.0355. The van der Waals surface area contributed by atoms with Crippen LogP contribution in [0.5, 0.6) is 0 Å². The molecule has 2 N–H and O–H groups in total. The Kier molecular flexibility index (Phi) is 6.07. The summed E-state index contributed by atoms with van der Waals surface area (Å²) in [5.74, 6) is 5.30. The largest absolute Gasteiger partial charge is 0.384 e. The molecule has 0 spiro atoms. The van der Waals surface area contributed by atoms with E-state index in [4.69, 9.17) is 9.84 Å². The van der Waals surface area contributed by atoms with E-state index in [1.807, 2.05) is 13.8 Å². The lowest BCUT2D eigenvalue weighted by atomic mass is 10.0. The number of aliphatic hydroxyl groups is 1. The number of benzene rings is 1. The highest BCUT2D eigenvalue weighted by Crippen LogP contribution is 2.10. The van der Waals surface area contributed by atoms with Gasteiger partial charge in [-0.2, -0.15) is 0 Å². The first-order chi connectivity index (χ1) is 9.08. The van der Waals surface area contributed by atoms with Crippen LogP contribution in [-0.4, -0.2) is 37.4 Å². The van der Waals surface area contributed by atoms with Crippen molar-refractivity contribution in [3.63, 3.8) is 0 Å². The minimum atomic E-state index is -0.170. The van der Waals surface area contributed by atoms with Gasteiger partial charge >= 0.3 is 0 Å². The fraction of sp³-hybridized carbons (Fsp3) is 0.400. The van der Waals surface area contributed by atoms with Gasteiger partial charge in [-0.15, -0.1) is 0 Å². The summed E-state index contributed by atoms with van der Waals surface area (Å²) in [6.07, 6.45) is 0. The molecule has 1 amide bonds. The van der Waals surface area contributed by atoms with Crippen molar-refractivity contribution in [3.8, 4) is 11.8 Å². The third-order valence-corrected chi connectivity index (χ3v) is 2.58. The number of nitrogens with one attached hydrogen (secondary N) is 1. The van der Waals surface area contributed by atoms with Gasteiger partial charge in [0.05, 0.1) is 6.61 Å². The maximum Gasteiger partial charge on any atom is 0.251 e. The Morgan fingerprint density at radius 1 is 1.53 bits per heavy atom. The topological polar surface area (TPSA) is 58.6 Å². The van der Waals surface area contributed by atoms with Gasteiger partial charge in [0, 0.05) is 24.3 Å². The number of methoxy groups -OCH3 is 1. The van der Waals surface area contributed by atoms with Crippen LogP contribution >= 0.6 is 0 Å².